The summed E-state index contributed by atoms with van der Waals surface area (Å²) in [4.78, 5) is 21.8. The van der Waals surface area contributed by atoms with E-state index in [4.69, 9.17) is 9.84 Å². The highest BCUT2D eigenvalue weighted by atomic mass is 19.1. The van der Waals surface area contributed by atoms with E-state index in [0.29, 0.717) is 16.8 Å². The van der Waals surface area contributed by atoms with E-state index < -0.39 is 5.82 Å². The molecule has 2 aromatic carbocycles. The summed E-state index contributed by atoms with van der Waals surface area (Å²) in [5.74, 6) is 1.02. The zero-order chi connectivity index (χ0) is 29.4. The van der Waals surface area contributed by atoms with Crippen LogP contribution in [0.5, 0.6) is 5.75 Å². The molecule has 0 aliphatic heterocycles. The van der Waals surface area contributed by atoms with Gasteiger partial charge in [0, 0.05) is 53.6 Å². The maximum absolute atomic E-state index is 14.8. The number of para-hydroxylation sites is 1. The first-order chi connectivity index (χ1) is 19.9. The molecule has 2 heterocycles. The van der Waals surface area contributed by atoms with Gasteiger partial charge in [0.15, 0.2) is 0 Å². The van der Waals surface area contributed by atoms with Gasteiger partial charge in [-0.2, -0.15) is 0 Å². The van der Waals surface area contributed by atoms with Crippen LogP contribution >= 0.6 is 0 Å². The molecule has 0 spiro atoms. The number of rotatable bonds is 8. The number of pyridine rings is 1. The highest BCUT2D eigenvalue weighted by Crippen LogP contribution is 2.36. The van der Waals surface area contributed by atoms with Crippen molar-refractivity contribution in [3.05, 3.63) is 71.8 Å². The molecule has 0 radical (unpaired) electrons. The predicted octanol–water partition coefficient (Wildman–Crippen LogP) is 7.78. The van der Waals surface area contributed by atoms with Crippen LogP contribution in [0.1, 0.15) is 67.8 Å². The minimum Gasteiger partial charge on any atom is -0.496 e. The first kappa shape index (κ1) is 30.3. The second-order valence-electron chi connectivity index (χ2n) is 10.9. The third kappa shape index (κ3) is 7.14. The van der Waals surface area contributed by atoms with E-state index in [1.54, 1.807) is 33.3 Å². The summed E-state index contributed by atoms with van der Waals surface area (Å²) in [6.07, 6.45) is 14.0. The Morgan fingerprint density at radius 3 is 2.59 bits per heavy atom. The van der Waals surface area contributed by atoms with Gasteiger partial charge in [-0.15, -0.1) is 0 Å². The number of H-pyrrole nitrogens is 1. The molecule has 1 aliphatic carbocycles. The van der Waals surface area contributed by atoms with E-state index in [9.17, 15) is 9.18 Å². The standard InChI is InChI=1S/C25H24FN3O3.C9H18/c1-15-19(25(31)29(2)8-9-30)10-16(12-22(15)26)17-11-20-21(14-28-24(20)27-13-17)18-6-4-5-7-23(18)32-3;1-2-6-9-7-4-3-5-8-9/h4-7,10-14,30H,8-9H2,1-3H3,(H,27,28);9H,2-8H2,1H3. The number of nitrogens with one attached hydrogen (secondary N) is 1. The molecule has 1 amide bonds. The van der Waals surface area contributed by atoms with E-state index in [1.807, 2.05) is 36.5 Å². The van der Waals surface area contributed by atoms with Crippen molar-refractivity contribution < 1.29 is 19.0 Å². The number of hydrogen-bond donors (Lipinski definition) is 2. The second-order valence-corrected chi connectivity index (χ2v) is 10.9. The molecule has 6 nitrogen and oxygen atoms in total. The molecule has 4 aromatic rings. The number of aliphatic hydroxyl groups is 1. The van der Waals surface area contributed by atoms with Crippen molar-refractivity contribution in [1.29, 1.82) is 0 Å². The quantitative estimate of drug-likeness (QED) is 0.231. The summed E-state index contributed by atoms with van der Waals surface area (Å²) in [6, 6.07) is 12.7. The summed E-state index contributed by atoms with van der Waals surface area (Å²) in [5, 5.41) is 10.00. The molecule has 218 valence electrons. The van der Waals surface area contributed by atoms with Crippen molar-refractivity contribution in [3.63, 3.8) is 0 Å². The highest BCUT2D eigenvalue weighted by molar-refractivity contribution is 5.99. The number of aromatic amines is 1. The van der Waals surface area contributed by atoms with Gasteiger partial charge in [-0.05, 0) is 48.2 Å². The molecule has 41 heavy (non-hydrogen) atoms. The van der Waals surface area contributed by atoms with E-state index >= 15 is 0 Å². The Bertz CT molecular complexity index is 1460. The molecule has 1 fully saturated rings. The van der Waals surface area contributed by atoms with Gasteiger partial charge in [0.1, 0.15) is 17.2 Å². The summed E-state index contributed by atoms with van der Waals surface area (Å²) >= 11 is 0. The fraction of sp³-hybridized carbons (Fsp3) is 0.412. The normalized spacial score (nSPS) is 13.5. The van der Waals surface area contributed by atoms with Gasteiger partial charge in [-0.3, -0.25) is 4.79 Å². The Kier molecular flexibility index (Phi) is 10.5. The number of hydrogen-bond acceptors (Lipinski definition) is 4. The summed E-state index contributed by atoms with van der Waals surface area (Å²) < 4.78 is 20.3. The largest absolute Gasteiger partial charge is 0.496 e. The summed E-state index contributed by atoms with van der Waals surface area (Å²) in [6.45, 7) is 3.88. The minimum atomic E-state index is -0.470. The van der Waals surface area contributed by atoms with Crippen molar-refractivity contribution in [3.8, 4) is 28.0 Å². The smallest absolute Gasteiger partial charge is 0.254 e. The Morgan fingerprint density at radius 1 is 1.12 bits per heavy atom. The molecule has 0 saturated heterocycles. The molecule has 5 rings (SSSR count). The molecule has 1 aliphatic rings. The summed E-state index contributed by atoms with van der Waals surface area (Å²) in [7, 11) is 3.20. The van der Waals surface area contributed by atoms with Crippen LogP contribution in [0.4, 0.5) is 4.39 Å². The molecule has 2 aromatic heterocycles. The van der Waals surface area contributed by atoms with Gasteiger partial charge in [-0.1, -0.05) is 70.1 Å². The number of methoxy groups -OCH3 is 1. The minimum absolute atomic E-state index is 0.163. The van der Waals surface area contributed by atoms with Gasteiger partial charge in [0.2, 0.25) is 0 Å². The molecule has 7 heteroatoms. The zero-order valence-electron chi connectivity index (χ0n) is 24.7. The van der Waals surface area contributed by atoms with Crippen LogP contribution in [-0.2, 0) is 0 Å². The average molecular weight is 560 g/mol. The number of halogens is 1. The average Bonchev–Trinajstić information content (AvgIpc) is 3.42. The lowest BCUT2D eigenvalue weighted by Crippen LogP contribution is -2.30. The van der Waals surface area contributed by atoms with E-state index in [2.05, 4.69) is 16.9 Å². The SMILES string of the molecule is CCCC1CCCCC1.COc1ccccc1-c1c[nH]c2ncc(-c3cc(F)c(C)c(C(=O)N(C)CCO)c3)cc12. The maximum Gasteiger partial charge on any atom is 0.254 e. The Hall–Kier alpha value is -3.71. The number of aliphatic hydroxyl groups excluding tert-OH is 1. The number of carbonyl (C=O) groups is 1. The van der Waals surface area contributed by atoms with Crippen LogP contribution in [0, 0.1) is 18.7 Å². The van der Waals surface area contributed by atoms with Crippen LogP contribution in [0.3, 0.4) is 0 Å². The second kappa shape index (κ2) is 14.3. The Labute approximate surface area is 242 Å². The summed E-state index contributed by atoms with van der Waals surface area (Å²) in [5.41, 5.74) is 4.29. The van der Waals surface area contributed by atoms with Gasteiger partial charge in [0.25, 0.3) is 5.91 Å². The van der Waals surface area contributed by atoms with Crippen molar-refractivity contribution in [2.24, 2.45) is 5.92 Å². The van der Waals surface area contributed by atoms with Crippen LogP contribution in [0.25, 0.3) is 33.3 Å². The Morgan fingerprint density at radius 2 is 1.88 bits per heavy atom. The number of carbonyl (C=O) groups excluding carboxylic acids is 1. The lowest BCUT2D eigenvalue weighted by Gasteiger charge is -2.20. The van der Waals surface area contributed by atoms with E-state index in [0.717, 1.165) is 28.2 Å². The third-order valence-corrected chi connectivity index (χ3v) is 8.04. The highest BCUT2D eigenvalue weighted by Gasteiger charge is 2.19. The van der Waals surface area contributed by atoms with Crippen LogP contribution < -0.4 is 4.74 Å². The van der Waals surface area contributed by atoms with Crippen molar-refractivity contribution >= 4 is 16.9 Å². The zero-order valence-corrected chi connectivity index (χ0v) is 24.7. The fourth-order valence-corrected chi connectivity index (χ4v) is 5.66. The number of benzene rings is 2. The maximum atomic E-state index is 14.8. The van der Waals surface area contributed by atoms with Crippen molar-refractivity contribution in [2.75, 3.05) is 27.3 Å². The number of amides is 1. The van der Waals surface area contributed by atoms with Crippen molar-refractivity contribution in [1.82, 2.24) is 14.9 Å². The third-order valence-electron chi connectivity index (χ3n) is 8.04. The topological polar surface area (TPSA) is 78.5 Å². The Balaban J connectivity index is 0.000000367. The van der Waals surface area contributed by atoms with Gasteiger partial charge in [0.05, 0.1) is 13.7 Å². The number of aromatic nitrogens is 2. The monoisotopic (exact) mass is 559 g/mol. The first-order valence-corrected chi connectivity index (χ1v) is 14.6. The van der Waals surface area contributed by atoms with Gasteiger partial charge >= 0.3 is 0 Å². The van der Waals surface area contributed by atoms with E-state index in [-0.39, 0.29) is 30.2 Å². The predicted molar refractivity (Wildman–Crippen MR) is 164 cm³/mol. The van der Waals surface area contributed by atoms with Gasteiger partial charge < -0.3 is 19.7 Å². The number of likely N-dealkylation sites (N-methyl/N-ethyl adjacent to an activating group) is 1. The van der Waals surface area contributed by atoms with E-state index in [1.165, 1.54) is 55.9 Å². The number of fused-ring (bicyclic) bond motifs is 1. The fourth-order valence-electron chi connectivity index (χ4n) is 5.66. The van der Waals surface area contributed by atoms with Crippen LogP contribution in [0.2, 0.25) is 0 Å². The van der Waals surface area contributed by atoms with Gasteiger partial charge in [-0.25, -0.2) is 9.37 Å². The number of ether oxygens (including phenoxy) is 1. The molecule has 0 unspecified atom stereocenters. The van der Waals surface area contributed by atoms with Crippen LogP contribution in [-0.4, -0.2) is 53.2 Å². The molecule has 1 saturated carbocycles. The molecule has 2 N–H and O–H groups in total. The van der Waals surface area contributed by atoms with Crippen LogP contribution in [0.15, 0.2) is 54.9 Å². The lowest BCUT2D eigenvalue weighted by molar-refractivity contribution is 0.0765. The lowest BCUT2D eigenvalue weighted by atomic mass is 9.86. The van der Waals surface area contributed by atoms with Crippen molar-refractivity contribution in [2.45, 2.75) is 58.8 Å². The molecule has 0 atom stereocenters. The number of nitrogens with zero attached hydrogens (tertiary/aromatic N) is 2. The molecular weight excluding hydrogens is 517 g/mol. The molecule has 0 bridgehead atoms. The first-order valence-electron chi connectivity index (χ1n) is 14.6. The molecular formula is C34H42FN3O3.